The molecule has 0 aromatic carbocycles. The Kier molecular flexibility index (Phi) is 1.98. The molecule has 0 spiro atoms. The first-order valence-electron chi connectivity index (χ1n) is 3.04. The van der Waals surface area contributed by atoms with Crippen LogP contribution in [0.2, 0.25) is 0 Å². The van der Waals surface area contributed by atoms with Gasteiger partial charge in [0.05, 0.1) is 18.4 Å². The lowest BCUT2D eigenvalue weighted by atomic mass is 10.2. The summed E-state index contributed by atoms with van der Waals surface area (Å²) >= 11 is 0. The van der Waals surface area contributed by atoms with Crippen molar-refractivity contribution in [3.05, 3.63) is 17.8 Å². The minimum atomic E-state index is 0.474. The maximum atomic E-state index is 5.54. The SMILES string of the molecule is C#Cc1cnc(OC)cc1N. The highest BCUT2D eigenvalue weighted by Crippen LogP contribution is 2.14. The lowest BCUT2D eigenvalue weighted by Crippen LogP contribution is -1.94. The van der Waals surface area contributed by atoms with E-state index in [0.717, 1.165) is 0 Å². The van der Waals surface area contributed by atoms with Crippen molar-refractivity contribution in [3.63, 3.8) is 0 Å². The number of nitrogens with zero attached hydrogens (tertiary/aromatic N) is 1. The molecule has 1 rings (SSSR count). The number of pyridine rings is 1. The molecule has 0 amide bonds. The molecule has 0 aliphatic rings. The molecule has 0 aliphatic carbocycles. The van der Waals surface area contributed by atoms with Crippen molar-refractivity contribution in [2.75, 3.05) is 12.8 Å². The monoisotopic (exact) mass is 148 g/mol. The van der Waals surface area contributed by atoms with Gasteiger partial charge in [-0.25, -0.2) is 4.98 Å². The summed E-state index contributed by atoms with van der Waals surface area (Å²) < 4.78 is 4.83. The van der Waals surface area contributed by atoms with E-state index in [4.69, 9.17) is 16.9 Å². The molecule has 0 atom stereocenters. The fourth-order valence-corrected chi connectivity index (χ4v) is 0.683. The average molecular weight is 148 g/mol. The molecule has 1 aromatic heterocycles. The molecule has 0 aliphatic heterocycles. The zero-order chi connectivity index (χ0) is 8.27. The summed E-state index contributed by atoms with van der Waals surface area (Å²) in [5.41, 5.74) is 6.65. The number of methoxy groups -OCH3 is 1. The van der Waals surface area contributed by atoms with Crippen molar-refractivity contribution in [1.29, 1.82) is 0 Å². The fourth-order valence-electron chi connectivity index (χ4n) is 0.683. The zero-order valence-electron chi connectivity index (χ0n) is 6.16. The molecule has 1 aromatic rings. The molecule has 0 radical (unpaired) electrons. The van der Waals surface area contributed by atoms with Crippen molar-refractivity contribution in [3.8, 4) is 18.2 Å². The highest BCUT2D eigenvalue weighted by Gasteiger charge is 1.97. The number of hydrogen-bond acceptors (Lipinski definition) is 3. The number of anilines is 1. The van der Waals surface area contributed by atoms with Gasteiger partial charge in [0.1, 0.15) is 0 Å². The van der Waals surface area contributed by atoms with E-state index in [2.05, 4.69) is 10.9 Å². The predicted molar refractivity (Wildman–Crippen MR) is 43.1 cm³/mol. The third kappa shape index (κ3) is 1.41. The molecule has 11 heavy (non-hydrogen) atoms. The Morgan fingerprint density at radius 1 is 1.73 bits per heavy atom. The van der Waals surface area contributed by atoms with Crippen LogP contribution in [0, 0.1) is 12.3 Å². The minimum absolute atomic E-state index is 0.474. The molecule has 1 heterocycles. The molecule has 56 valence electrons. The average Bonchev–Trinajstić information content (AvgIpc) is 2.04. The molecule has 0 bridgehead atoms. The number of hydrogen-bond donors (Lipinski definition) is 1. The molecular formula is C8H8N2O. The Morgan fingerprint density at radius 3 is 2.91 bits per heavy atom. The van der Waals surface area contributed by atoms with Crippen LogP contribution in [0.1, 0.15) is 5.56 Å². The van der Waals surface area contributed by atoms with Crippen LogP contribution in [0.4, 0.5) is 5.69 Å². The number of nitrogen functional groups attached to an aromatic ring is 1. The number of nitrogens with two attached hydrogens (primary N) is 1. The second kappa shape index (κ2) is 2.93. The first-order valence-corrected chi connectivity index (χ1v) is 3.04. The summed E-state index contributed by atoms with van der Waals surface area (Å²) in [7, 11) is 1.53. The zero-order valence-corrected chi connectivity index (χ0v) is 6.16. The lowest BCUT2D eigenvalue weighted by molar-refractivity contribution is 0.398. The first kappa shape index (κ1) is 7.42. The van der Waals surface area contributed by atoms with E-state index in [9.17, 15) is 0 Å². The largest absolute Gasteiger partial charge is 0.481 e. The van der Waals surface area contributed by atoms with Crippen molar-refractivity contribution >= 4 is 5.69 Å². The molecular weight excluding hydrogens is 140 g/mol. The third-order valence-corrected chi connectivity index (χ3v) is 1.28. The van der Waals surface area contributed by atoms with Gasteiger partial charge >= 0.3 is 0 Å². The maximum Gasteiger partial charge on any atom is 0.215 e. The maximum absolute atomic E-state index is 5.54. The van der Waals surface area contributed by atoms with Crippen LogP contribution in [-0.4, -0.2) is 12.1 Å². The van der Waals surface area contributed by atoms with Gasteiger partial charge in [-0.05, 0) is 0 Å². The van der Waals surface area contributed by atoms with E-state index in [-0.39, 0.29) is 0 Å². The van der Waals surface area contributed by atoms with Crippen molar-refractivity contribution in [2.24, 2.45) is 0 Å². The van der Waals surface area contributed by atoms with Gasteiger partial charge in [0, 0.05) is 12.3 Å². The number of terminal acetylenes is 1. The molecule has 0 unspecified atom stereocenters. The smallest absolute Gasteiger partial charge is 0.215 e. The van der Waals surface area contributed by atoms with Crippen LogP contribution < -0.4 is 10.5 Å². The summed E-state index contributed by atoms with van der Waals surface area (Å²) in [5, 5.41) is 0. The molecule has 2 N–H and O–H groups in total. The minimum Gasteiger partial charge on any atom is -0.481 e. The highest BCUT2D eigenvalue weighted by molar-refractivity contribution is 5.55. The highest BCUT2D eigenvalue weighted by atomic mass is 16.5. The van der Waals surface area contributed by atoms with Crippen LogP contribution in [0.15, 0.2) is 12.3 Å². The Hall–Kier alpha value is -1.69. The van der Waals surface area contributed by atoms with Crippen LogP contribution in [0.3, 0.4) is 0 Å². The standard InChI is InChI=1S/C8H8N2O/c1-3-6-5-10-8(11-2)4-7(6)9/h1,4-5H,2H3,(H2,9,10). The summed E-state index contributed by atoms with van der Waals surface area (Å²) in [6.07, 6.45) is 6.64. The first-order chi connectivity index (χ1) is 5.27. The van der Waals surface area contributed by atoms with E-state index in [0.29, 0.717) is 17.1 Å². The molecule has 0 saturated heterocycles. The number of aromatic nitrogens is 1. The molecule has 0 saturated carbocycles. The van der Waals surface area contributed by atoms with Crippen LogP contribution in [-0.2, 0) is 0 Å². The Balaban J connectivity index is 3.12. The van der Waals surface area contributed by atoms with Crippen molar-refractivity contribution in [2.45, 2.75) is 0 Å². The van der Waals surface area contributed by atoms with Crippen molar-refractivity contribution < 1.29 is 4.74 Å². The molecule has 0 fully saturated rings. The predicted octanol–water partition coefficient (Wildman–Crippen LogP) is 0.654. The topological polar surface area (TPSA) is 48.1 Å². The van der Waals surface area contributed by atoms with Crippen LogP contribution >= 0.6 is 0 Å². The lowest BCUT2D eigenvalue weighted by Gasteiger charge is -2.00. The summed E-state index contributed by atoms with van der Waals surface area (Å²) in [5.74, 6) is 2.88. The normalized spacial score (nSPS) is 8.73. The van der Waals surface area contributed by atoms with Crippen LogP contribution in [0.5, 0.6) is 5.88 Å². The van der Waals surface area contributed by atoms with E-state index in [1.165, 1.54) is 13.3 Å². The second-order valence-electron chi connectivity index (χ2n) is 1.96. The molecule has 3 nitrogen and oxygen atoms in total. The Bertz CT molecular complexity index is 301. The van der Waals surface area contributed by atoms with Crippen molar-refractivity contribution in [1.82, 2.24) is 4.98 Å². The molecule has 3 heteroatoms. The summed E-state index contributed by atoms with van der Waals surface area (Å²) in [4.78, 5) is 3.88. The van der Waals surface area contributed by atoms with Gasteiger partial charge in [-0.15, -0.1) is 6.42 Å². The Morgan fingerprint density at radius 2 is 2.45 bits per heavy atom. The third-order valence-electron chi connectivity index (χ3n) is 1.28. The van der Waals surface area contributed by atoms with Crippen LogP contribution in [0.25, 0.3) is 0 Å². The van der Waals surface area contributed by atoms with Gasteiger partial charge < -0.3 is 10.5 Å². The Labute approximate surface area is 65.2 Å². The van der Waals surface area contributed by atoms with Gasteiger partial charge in [0.2, 0.25) is 5.88 Å². The fraction of sp³-hybridized carbons (Fsp3) is 0.125. The van der Waals surface area contributed by atoms with Gasteiger partial charge in [-0.2, -0.15) is 0 Å². The summed E-state index contributed by atoms with van der Waals surface area (Å²) in [6, 6.07) is 1.59. The van der Waals surface area contributed by atoms with E-state index in [1.807, 2.05) is 0 Å². The van der Waals surface area contributed by atoms with Gasteiger partial charge in [0.15, 0.2) is 0 Å². The summed E-state index contributed by atoms with van der Waals surface area (Å²) in [6.45, 7) is 0. The van der Waals surface area contributed by atoms with Gasteiger partial charge in [-0.3, -0.25) is 0 Å². The number of rotatable bonds is 1. The van der Waals surface area contributed by atoms with E-state index in [1.54, 1.807) is 6.07 Å². The quantitative estimate of drug-likeness (QED) is 0.595. The van der Waals surface area contributed by atoms with E-state index < -0.39 is 0 Å². The second-order valence-corrected chi connectivity index (χ2v) is 1.96. The number of ether oxygens (including phenoxy) is 1. The van der Waals surface area contributed by atoms with Gasteiger partial charge in [-0.1, -0.05) is 5.92 Å². The van der Waals surface area contributed by atoms with E-state index >= 15 is 0 Å². The van der Waals surface area contributed by atoms with Gasteiger partial charge in [0.25, 0.3) is 0 Å².